The molecule has 0 aromatic carbocycles. The minimum Gasteiger partial charge on any atom is -0.381 e. The first-order valence-corrected chi connectivity index (χ1v) is 7.60. The number of nitrogens with one attached hydrogen (secondary N) is 1. The van der Waals surface area contributed by atoms with Gasteiger partial charge in [0.05, 0.1) is 18.5 Å². The Morgan fingerprint density at radius 3 is 3.10 bits per heavy atom. The van der Waals surface area contributed by atoms with E-state index in [1.807, 2.05) is 12.4 Å². The Balaban J connectivity index is 1.88. The average Bonchev–Trinajstić information content (AvgIpc) is 2.49. The molecule has 1 fully saturated rings. The summed E-state index contributed by atoms with van der Waals surface area (Å²) in [5.41, 5.74) is 1.00. The Hall–Kier alpha value is -1.20. The van der Waals surface area contributed by atoms with E-state index < -0.39 is 0 Å². The Morgan fingerprint density at radius 1 is 1.45 bits per heavy atom. The van der Waals surface area contributed by atoms with E-state index in [9.17, 15) is 0 Å². The van der Waals surface area contributed by atoms with Gasteiger partial charge < -0.3 is 15.0 Å². The van der Waals surface area contributed by atoms with Crippen molar-refractivity contribution in [3.63, 3.8) is 0 Å². The molecule has 112 valence electrons. The van der Waals surface area contributed by atoms with Gasteiger partial charge in [0.25, 0.3) is 0 Å². The van der Waals surface area contributed by atoms with E-state index in [1.165, 1.54) is 12.8 Å². The van der Waals surface area contributed by atoms with E-state index in [-0.39, 0.29) is 0 Å². The highest BCUT2D eigenvalue weighted by Gasteiger charge is 2.16. The molecule has 0 radical (unpaired) electrons. The van der Waals surface area contributed by atoms with E-state index in [0.29, 0.717) is 5.92 Å². The topological polar surface area (TPSA) is 50.3 Å². The molecule has 0 saturated carbocycles. The minimum atomic E-state index is 0.609. The molecule has 1 atom stereocenters. The van der Waals surface area contributed by atoms with Gasteiger partial charge >= 0.3 is 0 Å². The summed E-state index contributed by atoms with van der Waals surface area (Å²) in [6, 6.07) is 0. The average molecular weight is 278 g/mol. The van der Waals surface area contributed by atoms with Crippen molar-refractivity contribution in [3.8, 4) is 0 Å². The molecule has 1 aromatic heterocycles. The summed E-state index contributed by atoms with van der Waals surface area (Å²) < 4.78 is 5.54. The van der Waals surface area contributed by atoms with E-state index in [4.69, 9.17) is 4.74 Å². The fourth-order valence-electron chi connectivity index (χ4n) is 2.49. The van der Waals surface area contributed by atoms with Gasteiger partial charge in [-0.05, 0) is 31.7 Å². The summed E-state index contributed by atoms with van der Waals surface area (Å²) in [6.45, 7) is 6.74. The molecule has 0 aliphatic carbocycles. The third-order valence-electron chi connectivity index (χ3n) is 3.58. The van der Waals surface area contributed by atoms with Crippen LogP contribution in [-0.2, 0) is 11.3 Å². The van der Waals surface area contributed by atoms with Crippen LogP contribution in [0.5, 0.6) is 0 Å². The van der Waals surface area contributed by atoms with Crippen LogP contribution in [0.25, 0.3) is 0 Å². The van der Waals surface area contributed by atoms with Crippen molar-refractivity contribution in [2.75, 3.05) is 38.3 Å². The molecule has 1 aliphatic heterocycles. The Kier molecular flexibility index (Phi) is 6.21. The lowest BCUT2D eigenvalue weighted by molar-refractivity contribution is 0.0576. The predicted molar refractivity (Wildman–Crippen MR) is 80.8 cm³/mol. The van der Waals surface area contributed by atoms with E-state index >= 15 is 0 Å². The van der Waals surface area contributed by atoms with Crippen LogP contribution in [0, 0.1) is 5.92 Å². The van der Waals surface area contributed by atoms with Gasteiger partial charge in [-0.1, -0.05) is 6.92 Å². The van der Waals surface area contributed by atoms with Crippen LogP contribution in [0.2, 0.25) is 0 Å². The van der Waals surface area contributed by atoms with Gasteiger partial charge in [0.15, 0.2) is 0 Å². The normalized spacial score (nSPS) is 19.0. The maximum atomic E-state index is 5.54. The third kappa shape index (κ3) is 4.72. The molecule has 2 heterocycles. The number of hydrogen-bond acceptors (Lipinski definition) is 5. The maximum absolute atomic E-state index is 5.54. The van der Waals surface area contributed by atoms with Crippen LogP contribution in [0.3, 0.4) is 0 Å². The molecule has 1 aromatic rings. The number of aromatic nitrogens is 2. The number of ether oxygens (including phenoxy) is 1. The van der Waals surface area contributed by atoms with Crippen LogP contribution < -0.4 is 10.2 Å². The van der Waals surface area contributed by atoms with Crippen LogP contribution in [-0.4, -0.2) is 43.3 Å². The number of nitrogens with zero attached hydrogens (tertiary/aromatic N) is 3. The van der Waals surface area contributed by atoms with Crippen molar-refractivity contribution in [1.29, 1.82) is 0 Å². The molecule has 20 heavy (non-hydrogen) atoms. The van der Waals surface area contributed by atoms with Crippen molar-refractivity contribution in [2.24, 2.45) is 5.92 Å². The fraction of sp³-hybridized carbons (Fsp3) is 0.733. The van der Waals surface area contributed by atoms with Gasteiger partial charge in [-0.2, -0.15) is 0 Å². The molecule has 5 nitrogen and oxygen atoms in total. The van der Waals surface area contributed by atoms with Crippen LogP contribution in [0.1, 0.15) is 31.9 Å². The van der Waals surface area contributed by atoms with Crippen molar-refractivity contribution in [3.05, 3.63) is 18.1 Å². The molecular weight excluding hydrogens is 252 g/mol. The van der Waals surface area contributed by atoms with E-state index in [1.54, 1.807) is 0 Å². The number of anilines is 1. The lowest BCUT2D eigenvalue weighted by Gasteiger charge is -2.27. The highest BCUT2D eigenvalue weighted by atomic mass is 16.5. The molecule has 0 amide bonds. The predicted octanol–water partition coefficient (Wildman–Crippen LogP) is 1.84. The molecule has 5 heteroatoms. The van der Waals surface area contributed by atoms with Crippen molar-refractivity contribution >= 4 is 5.82 Å². The molecule has 0 spiro atoms. The molecule has 1 aliphatic rings. The molecule has 2 rings (SSSR count). The standard InChI is InChI=1S/C15H26N4O/c1-3-6-16-8-14-9-17-10-15(18-14)19(2)11-13-5-4-7-20-12-13/h9-10,13,16H,3-8,11-12H2,1-2H3. The zero-order valence-corrected chi connectivity index (χ0v) is 12.6. The SMILES string of the molecule is CCCNCc1cncc(N(C)CC2CCCOC2)n1. The number of rotatable bonds is 7. The monoisotopic (exact) mass is 278 g/mol. The summed E-state index contributed by atoms with van der Waals surface area (Å²) in [4.78, 5) is 11.2. The summed E-state index contributed by atoms with van der Waals surface area (Å²) in [7, 11) is 2.09. The largest absolute Gasteiger partial charge is 0.381 e. The third-order valence-corrected chi connectivity index (χ3v) is 3.58. The second-order valence-corrected chi connectivity index (χ2v) is 5.51. The van der Waals surface area contributed by atoms with Gasteiger partial charge in [-0.15, -0.1) is 0 Å². The van der Waals surface area contributed by atoms with Crippen LogP contribution in [0.15, 0.2) is 12.4 Å². The second kappa shape index (κ2) is 8.17. The smallest absolute Gasteiger partial charge is 0.147 e. The second-order valence-electron chi connectivity index (χ2n) is 5.51. The van der Waals surface area contributed by atoms with Crippen LogP contribution in [0.4, 0.5) is 5.82 Å². The summed E-state index contributed by atoms with van der Waals surface area (Å²) in [5, 5.41) is 3.36. The first-order valence-electron chi connectivity index (χ1n) is 7.60. The minimum absolute atomic E-state index is 0.609. The zero-order valence-electron chi connectivity index (χ0n) is 12.6. The van der Waals surface area contributed by atoms with Crippen molar-refractivity contribution < 1.29 is 4.74 Å². The molecular formula is C15H26N4O. The summed E-state index contributed by atoms with van der Waals surface area (Å²) in [5.74, 6) is 1.56. The lowest BCUT2D eigenvalue weighted by Crippen LogP contribution is -2.31. The zero-order chi connectivity index (χ0) is 14.2. The number of hydrogen-bond donors (Lipinski definition) is 1. The summed E-state index contributed by atoms with van der Waals surface area (Å²) in [6.07, 6.45) is 7.23. The van der Waals surface area contributed by atoms with E-state index in [2.05, 4.69) is 34.2 Å². The first-order chi connectivity index (χ1) is 9.79. The van der Waals surface area contributed by atoms with Crippen molar-refractivity contribution in [2.45, 2.75) is 32.7 Å². The Labute approximate surface area is 121 Å². The van der Waals surface area contributed by atoms with Gasteiger partial charge in [0, 0.05) is 32.9 Å². The van der Waals surface area contributed by atoms with Crippen LogP contribution >= 0.6 is 0 Å². The lowest BCUT2D eigenvalue weighted by atomic mass is 10.0. The molecule has 0 bridgehead atoms. The van der Waals surface area contributed by atoms with Gasteiger partial charge in [0.1, 0.15) is 5.82 Å². The molecule has 1 unspecified atom stereocenters. The van der Waals surface area contributed by atoms with Gasteiger partial charge in [-0.25, -0.2) is 4.98 Å². The highest BCUT2D eigenvalue weighted by molar-refractivity contribution is 5.35. The van der Waals surface area contributed by atoms with Gasteiger partial charge in [-0.3, -0.25) is 4.98 Å². The van der Waals surface area contributed by atoms with Gasteiger partial charge in [0.2, 0.25) is 0 Å². The Morgan fingerprint density at radius 2 is 2.35 bits per heavy atom. The fourth-order valence-corrected chi connectivity index (χ4v) is 2.49. The molecule has 1 saturated heterocycles. The van der Waals surface area contributed by atoms with Crippen molar-refractivity contribution in [1.82, 2.24) is 15.3 Å². The maximum Gasteiger partial charge on any atom is 0.147 e. The highest BCUT2D eigenvalue weighted by Crippen LogP contribution is 2.17. The Bertz CT molecular complexity index is 393. The van der Waals surface area contributed by atoms with E-state index in [0.717, 1.165) is 50.8 Å². The molecule has 1 N–H and O–H groups in total. The quantitative estimate of drug-likeness (QED) is 0.771. The summed E-state index contributed by atoms with van der Waals surface area (Å²) >= 11 is 0. The first kappa shape index (κ1) is 15.2.